The van der Waals surface area contributed by atoms with E-state index in [1.54, 1.807) is 13.2 Å². The SMILES string of the molecule is COc1cccc2c(C(C)(C)C)nc(=O)oc12. The summed E-state index contributed by atoms with van der Waals surface area (Å²) in [5.41, 5.74) is 0.961. The molecule has 0 saturated heterocycles. The number of hydrogen-bond acceptors (Lipinski definition) is 4. The van der Waals surface area contributed by atoms with Crippen LogP contribution in [0.5, 0.6) is 5.75 Å². The van der Waals surface area contributed by atoms with Crippen LogP contribution >= 0.6 is 0 Å². The molecule has 2 aromatic rings. The molecule has 1 aromatic carbocycles. The number of hydrogen-bond donors (Lipinski definition) is 0. The smallest absolute Gasteiger partial charge is 0.439 e. The maximum Gasteiger partial charge on any atom is 0.439 e. The lowest BCUT2D eigenvalue weighted by Crippen LogP contribution is -2.19. The van der Waals surface area contributed by atoms with Crippen molar-refractivity contribution in [1.29, 1.82) is 0 Å². The Balaban J connectivity index is 2.91. The van der Waals surface area contributed by atoms with Crippen LogP contribution in [0.3, 0.4) is 0 Å². The Hall–Kier alpha value is -1.84. The summed E-state index contributed by atoms with van der Waals surface area (Å²) in [5, 5.41) is 0.816. The van der Waals surface area contributed by atoms with Gasteiger partial charge in [0, 0.05) is 10.8 Å². The highest BCUT2D eigenvalue weighted by Gasteiger charge is 2.21. The third-order valence-corrected chi connectivity index (χ3v) is 2.56. The Kier molecular flexibility index (Phi) is 2.65. The van der Waals surface area contributed by atoms with E-state index >= 15 is 0 Å². The second-order valence-corrected chi connectivity index (χ2v) is 4.92. The van der Waals surface area contributed by atoms with Gasteiger partial charge in [-0.25, -0.2) is 4.79 Å². The largest absolute Gasteiger partial charge is 0.493 e. The molecule has 0 fully saturated rings. The molecule has 0 aliphatic rings. The van der Waals surface area contributed by atoms with Crippen molar-refractivity contribution in [2.45, 2.75) is 26.2 Å². The molecule has 90 valence electrons. The lowest BCUT2D eigenvalue weighted by atomic mass is 9.89. The van der Waals surface area contributed by atoms with E-state index in [9.17, 15) is 4.79 Å². The van der Waals surface area contributed by atoms with E-state index in [4.69, 9.17) is 9.15 Å². The molecule has 0 unspecified atom stereocenters. The topological polar surface area (TPSA) is 52.3 Å². The van der Waals surface area contributed by atoms with Gasteiger partial charge < -0.3 is 9.15 Å². The summed E-state index contributed by atoms with van der Waals surface area (Å²) in [6.45, 7) is 6.02. The monoisotopic (exact) mass is 233 g/mol. The maximum atomic E-state index is 11.5. The van der Waals surface area contributed by atoms with E-state index < -0.39 is 5.76 Å². The Labute approximate surface area is 99.2 Å². The molecule has 17 heavy (non-hydrogen) atoms. The Bertz CT molecular complexity index is 608. The van der Waals surface area contributed by atoms with Gasteiger partial charge in [0.2, 0.25) is 0 Å². The number of nitrogens with zero attached hydrogens (tertiary/aromatic N) is 1. The fourth-order valence-corrected chi connectivity index (χ4v) is 1.80. The molecule has 2 rings (SSSR count). The minimum Gasteiger partial charge on any atom is -0.493 e. The van der Waals surface area contributed by atoms with Crippen LogP contribution in [0, 0.1) is 0 Å². The van der Waals surface area contributed by atoms with Crippen molar-refractivity contribution in [2.24, 2.45) is 0 Å². The van der Waals surface area contributed by atoms with Gasteiger partial charge in [-0.3, -0.25) is 0 Å². The van der Waals surface area contributed by atoms with Gasteiger partial charge >= 0.3 is 5.76 Å². The molecule has 0 spiro atoms. The van der Waals surface area contributed by atoms with Crippen molar-refractivity contribution in [3.8, 4) is 5.75 Å². The molecule has 0 N–H and O–H groups in total. The predicted molar refractivity (Wildman–Crippen MR) is 65.5 cm³/mol. The van der Waals surface area contributed by atoms with Crippen molar-refractivity contribution in [3.63, 3.8) is 0 Å². The quantitative estimate of drug-likeness (QED) is 0.759. The summed E-state index contributed by atoms with van der Waals surface area (Å²) in [5.74, 6) is -0.0422. The van der Waals surface area contributed by atoms with Gasteiger partial charge in [0.05, 0.1) is 12.8 Å². The fourth-order valence-electron chi connectivity index (χ4n) is 1.80. The number of fused-ring (bicyclic) bond motifs is 1. The van der Waals surface area contributed by atoms with Crippen LogP contribution in [-0.4, -0.2) is 12.1 Å². The summed E-state index contributed by atoms with van der Waals surface area (Å²) < 4.78 is 10.3. The molecule has 4 heteroatoms. The van der Waals surface area contributed by atoms with Crippen LogP contribution in [0.1, 0.15) is 26.5 Å². The van der Waals surface area contributed by atoms with Crippen LogP contribution in [0.4, 0.5) is 0 Å². The van der Waals surface area contributed by atoms with Gasteiger partial charge in [-0.05, 0) is 12.1 Å². The molecule has 1 heterocycles. The summed E-state index contributed by atoms with van der Waals surface area (Å²) >= 11 is 0. The van der Waals surface area contributed by atoms with Crippen molar-refractivity contribution >= 4 is 11.0 Å². The summed E-state index contributed by atoms with van der Waals surface area (Å²) in [4.78, 5) is 15.5. The Morgan fingerprint density at radius 3 is 2.59 bits per heavy atom. The van der Waals surface area contributed by atoms with Gasteiger partial charge in [-0.15, -0.1) is 0 Å². The van der Waals surface area contributed by atoms with Crippen LogP contribution in [-0.2, 0) is 5.41 Å². The molecular weight excluding hydrogens is 218 g/mol. The zero-order chi connectivity index (χ0) is 12.6. The van der Waals surface area contributed by atoms with Gasteiger partial charge in [-0.1, -0.05) is 26.8 Å². The minimum absolute atomic E-state index is 0.222. The first-order valence-corrected chi connectivity index (χ1v) is 5.42. The average molecular weight is 233 g/mol. The lowest BCUT2D eigenvalue weighted by Gasteiger charge is -2.19. The normalized spacial score (nSPS) is 11.8. The first-order valence-electron chi connectivity index (χ1n) is 5.42. The molecule has 0 radical (unpaired) electrons. The van der Waals surface area contributed by atoms with E-state index in [1.807, 2.05) is 32.9 Å². The molecule has 0 bridgehead atoms. The zero-order valence-corrected chi connectivity index (χ0v) is 10.4. The molecular formula is C13H15NO3. The van der Waals surface area contributed by atoms with Crippen molar-refractivity contribution in [1.82, 2.24) is 4.98 Å². The lowest BCUT2D eigenvalue weighted by molar-refractivity contribution is 0.402. The summed E-state index contributed by atoms with van der Waals surface area (Å²) in [6.07, 6.45) is 0. The van der Waals surface area contributed by atoms with E-state index in [1.165, 1.54) is 0 Å². The Morgan fingerprint density at radius 2 is 2.00 bits per heavy atom. The second-order valence-electron chi connectivity index (χ2n) is 4.92. The molecule has 0 atom stereocenters. The van der Waals surface area contributed by atoms with Crippen LogP contribution < -0.4 is 10.5 Å². The number of aromatic nitrogens is 1. The van der Waals surface area contributed by atoms with Crippen LogP contribution in [0.15, 0.2) is 27.4 Å². The number of ether oxygens (including phenoxy) is 1. The molecule has 4 nitrogen and oxygen atoms in total. The van der Waals surface area contributed by atoms with Crippen LogP contribution in [0.25, 0.3) is 11.0 Å². The number of methoxy groups -OCH3 is 1. The molecule has 0 aliphatic carbocycles. The maximum absolute atomic E-state index is 11.5. The van der Waals surface area contributed by atoms with E-state index in [-0.39, 0.29) is 5.41 Å². The van der Waals surface area contributed by atoms with Crippen LogP contribution in [0.2, 0.25) is 0 Å². The highest BCUT2D eigenvalue weighted by molar-refractivity contribution is 5.85. The third-order valence-electron chi connectivity index (χ3n) is 2.56. The summed E-state index contributed by atoms with van der Waals surface area (Å²) in [6, 6.07) is 5.50. The Morgan fingerprint density at radius 1 is 1.29 bits per heavy atom. The standard InChI is InChI=1S/C13H15NO3/c1-13(2,3)11-8-6-5-7-9(16-4)10(8)17-12(15)14-11/h5-7H,1-4H3. The first kappa shape index (κ1) is 11.6. The highest BCUT2D eigenvalue weighted by atomic mass is 16.5. The van der Waals surface area contributed by atoms with E-state index in [0.717, 1.165) is 11.1 Å². The van der Waals surface area contributed by atoms with Crippen molar-refractivity contribution in [3.05, 3.63) is 34.4 Å². The van der Waals surface area contributed by atoms with Gasteiger partial charge in [-0.2, -0.15) is 4.98 Å². The third kappa shape index (κ3) is 2.02. The van der Waals surface area contributed by atoms with E-state index in [2.05, 4.69) is 4.98 Å². The van der Waals surface area contributed by atoms with Gasteiger partial charge in [0.15, 0.2) is 11.3 Å². The average Bonchev–Trinajstić information content (AvgIpc) is 2.26. The molecule has 0 aliphatic heterocycles. The van der Waals surface area contributed by atoms with Gasteiger partial charge in [0.1, 0.15) is 0 Å². The van der Waals surface area contributed by atoms with Crippen molar-refractivity contribution < 1.29 is 9.15 Å². The molecule has 0 saturated carbocycles. The second kappa shape index (κ2) is 3.87. The zero-order valence-electron chi connectivity index (χ0n) is 10.4. The van der Waals surface area contributed by atoms with E-state index in [0.29, 0.717) is 11.3 Å². The van der Waals surface area contributed by atoms with Crippen molar-refractivity contribution in [2.75, 3.05) is 7.11 Å². The molecule has 0 amide bonds. The first-order chi connectivity index (χ1) is 7.93. The minimum atomic E-state index is -0.591. The predicted octanol–water partition coefficient (Wildman–Crippen LogP) is 2.49. The highest BCUT2D eigenvalue weighted by Crippen LogP contribution is 2.31. The summed E-state index contributed by atoms with van der Waals surface area (Å²) in [7, 11) is 1.55. The van der Waals surface area contributed by atoms with Gasteiger partial charge in [0.25, 0.3) is 0 Å². The number of para-hydroxylation sites is 1. The fraction of sp³-hybridized carbons (Fsp3) is 0.385. The molecule has 1 aromatic heterocycles. The number of benzene rings is 1. The number of rotatable bonds is 1.